The van der Waals surface area contributed by atoms with E-state index in [1.165, 1.54) is 26.1 Å². The van der Waals surface area contributed by atoms with Crippen LogP contribution in [0.4, 0.5) is 0 Å². The summed E-state index contributed by atoms with van der Waals surface area (Å²) in [5.74, 6) is -0.229. The maximum Gasteiger partial charge on any atom is 0.286 e. The summed E-state index contributed by atoms with van der Waals surface area (Å²) in [6, 6.07) is 0.644. The maximum atomic E-state index is 12.5. The Bertz CT molecular complexity index is 585. The van der Waals surface area contributed by atoms with Crippen molar-refractivity contribution in [1.29, 1.82) is 0 Å². The lowest BCUT2D eigenvalue weighted by Crippen LogP contribution is -2.54. The number of carbonyl (C=O) groups is 2. The number of nitrogens with zero attached hydrogens (tertiary/aromatic N) is 4. The van der Waals surface area contributed by atoms with Crippen molar-refractivity contribution >= 4 is 11.8 Å². The normalized spacial score (nSPS) is 21.0. The van der Waals surface area contributed by atoms with E-state index in [0.717, 1.165) is 39.3 Å². The quantitative estimate of drug-likeness (QED) is 0.787. The molecule has 1 aromatic heterocycles. The van der Waals surface area contributed by atoms with Gasteiger partial charge in [-0.25, -0.2) is 4.98 Å². The standard InChI is InChI=1S/C16H26N6O2/c1-17-15(23)14-18-11-13(19-14)16(24)22-9-7-21(8-10-22)12-3-5-20(2)6-4-12/h11-12H,3-10H2,1-2H3,(H,17,23)(H,18,19). The van der Waals surface area contributed by atoms with E-state index in [4.69, 9.17) is 0 Å². The van der Waals surface area contributed by atoms with Crippen LogP contribution in [0.3, 0.4) is 0 Å². The minimum absolute atomic E-state index is 0.0827. The van der Waals surface area contributed by atoms with Gasteiger partial charge in [0.2, 0.25) is 0 Å². The van der Waals surface area contributed by atoms with Gasteiger partial charge < -0.3 is 20.1 Å². The first-order valence-electron chi connectivity index (χ1n) is 8.57. The van der Waals surface area contributed by atoms with Gasteiger partial charge in [-0.2, -0.15) is 0 Å². The molecule has 0 atom stereocenters. The number of imidazole rings is 1. The Labute approximate surface area is 142 Å². The Balaban J connectivity index is 1.53. The molecule has 2 saturated heterocycles. The molecule has 2 aliphatic heterocycles. The summed E-state index contributed by atoms with van der Waals surface area (Å²) in [5.41, 5.74) is 0.376. The summed E-state index contributed by atoms with van der Waals surface area (Å²) in [6.07, 6.45) is 3.86. The van der Waals surface area contributed by atoms with E-state index in [0.29, 0.717) is 11.7 Å². The molecule has 0 saturated carbocycles. The number of hydrogen-bond acceptors (Lipinski definition) is 5. The number of hydrogen-bond donors (Lipinski definition) is 2. The third kappa shape index (κ3) is 3.59. The largest absolute Gasteiger partial charge is 0.352 e. The van der Waals surface area contributed by atoms with Crippen LogP contribution in [0.15, 0.2) is 6.20 Å². The molecule has 132 valence electrons. The number of carbonyl (C=O) groups excluding carboxylic acids is 2. The third-order valence-corrected chi connectivity index (χ3v) is 5.05. The molecule has 0 radical (unpaired) electrons. The summed E-state index contributed by atoms with van der Waals surface area (Å²) in [5, 5.41) is 2.49. The van der Waals surface area contributed by atoms with Gasteiger partial charge >= 0.3 is 0 Å². The number of nitrogens with one attached hydrogen (secondary N) is 2. The highest BCUT2D eigenvalue weighted by molar-refractivity contribution is 5.95. The number of rotatable bonds is 3. The highest BCUT2D eigenvalue weighted by Crippen LogP contribution is 2.18. The van der Waals surface area contributed by atoms with Crippen LogP contribution in [0, 0.1) is 0 Å². The number of aromatic amines is 1. The van der Waals surface area contributed by atoms with Crippen molar-refractivity contribution < 1.29 is 9.59 Å². The number of aromatic nitrogens is 2. The SMILES string of the molecule is CNC(=O)c1ncc(C(=O)N2CCN(C3CCN(C)CC3)CC2)[nH]1. The van der Waals surface area contributed by atoms with E-state index in [9.17, 15) is 9.59 Å². The highest BCUT2D eigenvalue weighted by Gasteiger charge is 2.29. The second-order valence-electron chi connectivity index (χ2n) is 6.59. The summed E-state index contributed by atoms with van der Waals surface area (Å²) in [6.45, 7) is 5.58. The topological polar surface area (TPSA) is 84.6 Å². The van der Waals surface area contributed by atoms with Crippen molar-refractivity contribution in [2.75, 3.05) is 53.4 Å². The number of piperazine rings is 1. The zero-order valence-electron chi connectivity index (χ0n) is 14.4. The average Bonchev–Trinajstić information content (AvgIpc) is 3.11. The number of likely N-dealkylation sites (tertiary alicyclic amines) is 1. The predicted molar refractivity (Wildman–Crippen MR) is 90.0 cm³/mol. The Kier molecular flexibility index (Phi) is 5.15. The van der Waals surface area contributed by atoms with Crippen LogP contribution in [-0.2, 0) is 0 Å². The van der Waals surface area contributed by atoms with Gasteiger partial charge in [-0.15, -0.1) is 0 Å². The first-order chi connectivity index (χ1) is 11.6. The molecule has 2 amide bonds. The molecule has 0 aliphatic carbocycles. The van der Waals surface area contributed by atoms with E-state index >= 15 is 0 Å². The zero-order chi connectivity index (χ0) is 17.1. The summed E-state index contributed by atoms with van der Waals surface area (Å²) in [4.78, 5) is 37.6. The molecule has 1 aromatic rings. The molecule has 3 rings (SSSR count). The van der Waals surface area contributed by atoms with Crippen LogP contribution in [0.25, 0.3) is 0 Å². The van der Waals surface area contributed by atoms with Gasteiger partial charge in [-0.1, -0.05) is 0 Å². The van der Waals surface area contributed by atoms with Gasteiger partial charge in [0.15, 0.2) is 5.82 Å². The molecule has 8 nitrogen and oxygen atoms in total. The van der Waals surface area contributed by atoms with Gasteiger partial charge in [-0.05, 0) is 33.0 Å². The van der Waals surface area contributed by atoms with Crippen molar-refractivity contribution in [3.05, 3.63) is 17.7 Å². The van der Waals surface area contributed by atoms with Crippen LogP contribution < -0.4 is 5.32 Å². The lowest BCUT2D eigenvalue weighted by molar-refractivity contribution is 0.0471. The smallest absolute Gasteiger partial charge is 0.286 e. The summed E-state index contributed by atoms with van der Waals surface area (Å²) >= 11 is 0. The minimum Gasteiger partial charge on any atom is -0.352 e. The molecule has 0 aromatic carbocycles. The van der Waals surface area contributed by atoms with E-state index in [1.54, 1.807) is 0 Å². The third-order valence-electron chi connectivity index (χ3n) is 5.05. The summed E-state index contributed by atoms with van der Waals surface area (Å²) in [7, 11) is 3.71. The van der Waals surface area contributed by atoms with Gasteiger partial charge in [0.1, 0.15) is 5.69 Å². The molecule has 2 N–H and O–H groups in total. The second kappa shape index (κ2) is 7.31. The van der Waals surface area contributed by atoms with E-state index in [1.807, 2.05) is 4.90 Å². The fourth-order valence-corrected chi connectivity index (χ4v) is 3.48. The minimum atomic E-state index is -0.318. The average molecular weight is 334 g/mol. The first kappa shape index (κ1) is 16.9. The Morgan fingerprint density at radius 3 is 2.46 bits per heavy atom. The van der Waals surface area contributed by atoms with E-state index in [2.05, 4.69) is 32.1 Å². The van der Waals surface area contributed by atoms with Crippen molar-refractivity contribution in [1.82, 2.24) is 30.0 Å². The van der Waals surface area contributed by atoms with Crippen molar-refractivity contribution in [3.63, 3.8) is 0 Å². The Morgan fingerprint density at radius 1 is 1.17 bits per heavy atom. The Morgan fingerprint density at radius 2 is 1.83 bits per heavy atom. The number of amides is 2. The molecule has 8 heteroatoms. The zero-order valence-corrected chi connectivity index (χ0v) is 14.4. The lowest BCUT2D eigenvalue weighted by atomic mass is 10.0. The monoisotopic (exact) mass is 334 g/mol. The molecule has 3 heterocycles. The van der Waals surface area contributed by atoms with Crippen LogP contribution in [0.5, 0.6) is 0 Å². The van der Waals surface area contributed by atoms with Crippen LogP contribution in [-0.4, -0.2) is 95.9 Å². The molecule has 2 aliphatic rings. The lowest BCUT2D eigenvalue weighted by Gasteiger charge is -2.42. The van der Waals surface area contributed by atoms with Gasteiger partial charge in [0.05, 0.1) is 6.20 Å². The maximum absolute atomic E-state index is 12.5. The number of H-pyrrole nitrogens is 1. The Hall–Kier alpha value is -1.93. The summed E-state index contributed by atoms with van der Waals surface area (Å²) < 4.78 is 0. The molecule has 0 unspecified atom stereocenters. The fraction of sp³-hybridized carbons (Fsp3) is 0.688. The van der Waals surface area contributed by atoms with Gasteiger partial charge in [-0.3, -0.25) is 14.5 Å². The van der Waals surface area contributed by atoms with E-state index < -0.39 is 0 Å². The van der Waals surface area contributed by atoms with Crippen LogP contribution in [0.1, 0.15) is 33.9 Å². The van der Waals surface area contributed by atoms with Crippen molar-refractivity contribution in [2.24, 2.45) is 0 Å². The first-order valence-corrected chi connectivity index (χ1v) is 8.57. The van der Waals surface area contributed by atoms with Crippen molar-refractivity contribution in [2.45, 2.75) is 18.9 Å². The molecular formula is C16H26N6O2. The second-order valence-corrected chi connectivity index (χ2v) is 6.59. The molecule has 0 bridgehead atoms. The molecule has 2 fully saturated rings. The van der Waals surface area contributed by atoms with Gasteiger partial charge in [0, 0.05) is 39.3 Å². The molecular weight excluding hydrogens is 308 g/mol. The van der Waals surface area contributed by atoms with Crippen LogP contribution >= 0.6 is 0 Å². The number of piperidine rings is 1. The molecule has 0 spiro atoms. The fourth-order valence-electron chi connectivity index (χ4n) is 3.48. The molecule has 24 heavy (non-hydrogen) atoms. The predicted octanol–water partition coefficient (Wildman–Crippen LogP) is -0.379. The highest BCUT2D eigenvalue weighted by atomic mass is 16.2. The van der Waals surface area contributed by atoms with Gasteiger partial charge in [0.25, 0.3) is 11.8 Å². The van der Waals surface area contributed by atoms with Crippen molar-refractivity contribution in [3.8, 4) is 0 Å². The van der Waals surface area contributed by atoms with E-state index in [-0.39, 0.29) is 17.6 Å². The van der Waals surface area contributed by atoms with Crippen LogP contribution in [0.2, 0.25) is 0 Å².